The molecule has 0 fully saturated rings. The fourth-order valence-corrected chi connectivity index (χ4v) is 1.52. The average molecular weight is 241 g/mol. The van der Waals surface area contributed by atoms with Crippen molar-refractivity contribution in [2.75, 3.05) is 6.61 Å². The summed E-state index contributed by atoms with van der Waals surface area (Å²) >= 11 is 0. The lowest BCUT2D eigenvalue weighted by atomic mass is 10.1. The van der Waals surface area contributed by atoms with Crippen molar-refractivity contribution >= 4 is 11.9 Å². The highest BCUT2D eigenvalue weighted by Crippen LogP contribution is 2.17. The highest BCUT2D eigenvalue weighted by atomic mass is 16.5. The number of amides is 1. The van der Waals surface area contributed by atoms with Gasteiger partial charge in [-0.1, -0.05) is 12.2 Å². The van der Waals surface area contributed by atoms with E-state index in [1.54, 1.807) is 12.2 Å². The van der Waals surface area contributed by atoms with Gasteiger partial charge in [-0.25, -0.2) is 0 Å². The second kappa shape index (κ2) is 5.31. The summed E-state index contributed by atoms with van der Waals surface area (Å²) in [4.78, 5) is 22.2. The highest BCUT2D eigenvalue weighted by Gasteiger charge is 2.25. The zero-order valence-corrected chi connectivity index (χ0v) is 10.4. The fraction of sp³-hybridized carbons (Fsp3) is 0.667. The monoisotopic (exact) mass is 241 g/mol. The molecule has 0 aromatic heterocycles. The Morgan fingerprint density at radius 2 is 2.06 bits per heavy atom. The predicted octanol–water partition coefficient (Wildman–Crippen LogP) is 0.947. The Morgan fingerprint density at radius 1 is 1.41 bits per heavy atom. The van der Waals surface area contributed by atoms with Gasteiger partial charge in [0.1, 0.15) is 6.61 Å². The molecule has 1 aliphatic carbocycles. The summed E-state index contributed by atoms with van der Waals surface area (Å²) in [6.45, 7) is 5.61. The summed E-state index contributed by atoms with van der Waals surface area (Å²) in [5, 5.41) is 11.5. The topological polar surface area (TPSA) is 75.6 Å². The first kappa shape index (κ1) is 13.7. The first-order valence-electron chi connectivity index (χ1n) is 5.62. The Morgan fingerprint density at radius 3 is 2.53 bits per heavy atom. The van der Waals surface area contributed by atoms with Crippen LogP contribution in [0, 0.1) is 5.92 Å². The average Bonchev–Trinajstić information content (AvgIpc) is 2.62. The third kappa shape index (κ3) is 4.99. The van der Waals surface area contributed by atoms with Gasteiger partial charge in [-0.2, -0.15) is 0 Å². The molecule has 0 heterocycles. The molecule has 17 heavy (non-hydrogen) atoms. The van der Waals surface area contributed by atoms with Crippen LogP contribution in [0.4, 0.5) is 0 Å². The molecule has 0 saturated heterocycles. The number of carbonyl (C=O) groups excluding carboxylic acids is 1. The van der Waals surface area contributed by atoms with Gasteiger partial charge in [0.25, 0.3) is 0 Å². The van der Waals surface area contributed by atoms with Crippen LogP contribution in [0.2, 0.25) is 0 Å². The van der Waals surface area contributed by atoms with Gasteiger partial charge in [-0.15, -0.1) is 0 Å². The van der Waals surface area contributed by atoms with Gasteiger partial charge >= 0.3 is 5.97 Å². The van der Waals surface area contributed by atoms with E-state index < -0.39 is 11.9 Å². The van der Waals surface area contributed by atoms with Crippen LogP contribution in [0.25, 0.3) is 0 Å². The largest absolute Gasteiger partial charge is 0.481 e. The molecule has 1 aliphatic rings. The Kier molecular flexibility index (Phi) is 4.28. The number of hydrogen-bond acceptors (Lipinski definition) is 3. The second-order valence-corrected chi connectivity index (χ2v) is 5.14. The third-order valence-corrected chi connectivity index (χ3v) is 2.38. The summed E-state index contributed by atoms with van der Waals surface area (Å²) < 4.78 is 5.32. The molecule has 0 aliphatic heterocycles. The molecule has 2 unspecified atom stereocenters. The maximum Gasteiger partial charge on any atom is 0.310 e. The second-order valence-electron chi connectivity index (χ2n) is 5.14. The number of carboxylic acids is 1. The van der Waals surface area contributed by atoms with Crippen molar-refractivity contribution in [1.29, 1.82) is 0 Å². The molecule has 2 atom stereocenters. The molecule has 96 valence electrons. The number of hydrogen-bond donors (Lipinski definition) is 2. The van der Waals surface area contributed by atoms with E-state index in [-0.39, 0.29) is 24.2 Å². The summed E-state index contributed by atoms with van der Waals surface area (Å²) in [6.07, 6.45) is 3.74. The summed E-state index contributed by atoms with van der Waals surface area (Å²) in [6, 6.07) is -0.202. The van der Waals surface area contributed by atoms with E-state index in [0.29, 0.717) is 6.42 Å². The van der Waals surface area contributed by atoms with E-state index >= 15 is 0 Å². The van der Waals surface area contributed by atoms with Gasteiger partial charge < -0.3 is 15.2 Å². The molecule has 0 aromatic rings. The Hall–Kier alpha value is -1.36. The summed E-state index contributed by atoms with van der Waals surface area (Å²) in [5.74, 6) is -1.58. The van der Waals surface area contributed by atoms with E-state index in [1.807, 2.05) is 20.8 Å². The SMILES string of the molecule is CC(C)(C)OCC(=O)NC1C=CC(C(=O)O)C1. The molecule has 1 amide bonds. The number of nitrogens with one attached hydrogen (secondary N) is 1. The number of aliphatic carboxylic acids is 1. The standard InChI is InChI=1S/C12H19NO4/c1-12(2,3)17-7-10(14)13-9-5-4-8(6-9)11(15)16/h4-5,8-9H,6-7H2,1-3H3,(H,13,14)(H,15,16). The Balaban J connectivity index is 2.30. The number of carbonyl (C=O) groups is 2. The van der Waals surface area contributed by atoms with Crippen molar-refractivity contribution in [3.05, 3.63) is 12.2 Å². The van der Waals surface area contributed by atoms with Crippen LogP contribution in [-0.4, -0.2) is 35.2 Å². The van der Waals surface area contributed by atoms with Crippen LogP contribution >= 0.6 is 0 Å². The molecule has 0 saturated carbocycles. The van der Waals surface area contributed by atoms with Gasteiger partial charge in [0.15, 0.2) is 0 Å². The number of carboxylic acid groups (broad SMARTS) is 1. The predicted molar refractivity (Wildman–Crippen MR) is 62.5 cm³/mol. The molecular weight excluding hydrogens is 222 g/mol. The van der Waals surface area contributed by atoms with E-state index in [4.69, 9.17) is 9.84 Å². The lowest BCUT2D eigenvalue weighted by molar-refractivity contribution is -0.140. The maximum absolute atomic E-state index is 11.5. The smallest absolute Gasteiger partial charge is 0.310 e. The first-order valence-corrected chi connectivity index (χ1v) is 5.62. The molecule has 0 aromatic carbocycles. The maximum atomic E-state index is 11.5. The van der Waals surface area contributed by atoms with Gasteiger partial charge in [-0.05, 0) is 27.2 Å². The molecule has 0 spiro atoms. The number of ether oxygens (including phenoxy) is 1. The first-order chi connectivity index (χ1) is 7.78. The van der Waals surface area contributed by atoms with Crippen molar-refractivity contribution in [1.82, 2.24) is 5.32 Å². The molecule has 0 bridgehead atoms. The zero-order chi connectivity index (χ0) is 13.1. The van der Waals surface area contributed by atoms with Gasteiger partial charge in [0, 0.05) is 6.04 Å². The van der Waals surface area contributed by atoms with Gasteiger partial charge in [0.2, 0.25) is 5.91 Å². The van der Waals surface area contributed by atoms with Crippen LogP contribution < -0.4 is 5.32 Å². The fourth-order valence-electron chi connectivity index (χ4n) is 1.52. The minimum absolute atomic E-state index is 0.00836. The van der Waals surface area contributed by atoms with Crippen LogP contribution in [0.15, 0.2) is 12.2 Å². The zero-order valence-electron chi connectivity index (χ0n) is 10.4. The quantitative estimate of drug-likeness (QED) is 0.718. The minimum Gasteiger partial charge on any atom is -0.481 e. The van der Waals surface area contributed by atoms with Crippen LogP contribution in [0.1, 0.15) is 27.2 Å². The van der Waals surface area contributed by atoms with E-state index in [1.165, 1.54) is 0 Å². The normalized spacial score (nSPS) is 23.7. The summed E-state index contributed by atoms with van der Waals surface area (Å²) in [7, 11) is 0. The number of rotatable bonds is 4. The van der Waals surface area contributed by atoms with Crippen LogP contribution in [0.3, 0.4) is 0 Å². The van der Waals surface area contributed by atoms with Crippen molar-refractivity contribution in [3.8, 4) is 0 Å². The van der Waals surface area contributed by atoms with Gasteiger partial charge in [-0.3, -0.25) is 9.59 Å². The van der Waals surface area contributed by atoms with E-state index in [0.717, 1.165) is 0 Å². The highest BCUT2D eigenvalue weighted by molar-refractivity contribution is 5.78. The van der Waals surface area contributed by atoms with E-state index in [9.17, 15) is 9.59 Å². The lowest BCUT2D eigenvalue weighted by Gasteiger charge is -2.20. The van der Waals surface area contributed by atoms with Crippen molar-refractivity contribution in [3.63, 3.8) is 0 Å². The molecular formula is C12H19NO4. The minimum atomic E-state index is -0.857. The molecule has 1 rings (SSSR count). The third-order valence-electron chi connectivity index (χ3n) is 2.38. The molecule has 5 nitrogen and oxygen atoms in total. The van der Waals surface area contributed by atoms with Crippen molar-refractivity contribution in [2.24, 2.45) is 5.92 Å². The van der Waals surface area contributed by atoms with E-state index in [2.05, 4.69) is 5.32 Å². The van der Waals surface area contributed by atoms with Crippen LogP contribution in [0.5, 0.6) is 0 Å². The Bertz CT molecular complexity index is 330. The molecule has 0 radical (unpaired) electrons. The van der Waals surface area contributed by atoms with Crippen LogP contribution in [-0.2, 0) is 14.3 Å². The van der Waals surface area contributed by atoms with Gasteiger partial charge in [0.05, 0.1) is 11.5 Å². The Labute approximate surface area is 101 Å². The lowest BCUT2D eigenvalue weighted by Crippen LogP contribution is -2.37. The van der Waals surface area contributed by atoms with Crippen molar-refractivity contribution < 1.29 is 19.4 Å². The van der Waals surface area contributed by atoms with Crippen molar-refractivity contribution in [2.45, 2.75) is 38.8 Å². The molecule has 2 N–H and O–H groups in total. The summed E-state index contributed by atoms with van der Waals surface area (Å²) in [5.41, 5.74) is -0.355. The molecule has 5 heteroatoms.